The van der Waals surface area contributed by atoms with Gasteiger partial charge in [-0.1, -0.05) is 36.4 Å². The van der Waals surface area contributed by atoms with Crippen LogP contribution in [0, 0.1) is 0 Å². The molecule has 0 spiro atoms. The third-order valence-corrected chi connectivity index (χ3v) is 4.29. The summed E-state index contributed by atoms with van der Waals surface area (Å²) in [5.41, 5.74) is 0. The van der Waals surface area contributed by atoms with E-state index in [-0.39, 0.29) is 11.7 Å². The fraction of sp³-hybridized carbons (Fsp3) is 0.333. The lowest BCUT2D eigenvalue weighted by atomic mass is 10.1. The van der Waals surface area contributed by atoms with E-state index in [9.17, 15) is 9.59 Å². The fourth-order valence-corrected chi connectivity index (χ4v) is 2.81. The molecule has 0 aliphatic rings. The van der Waals surface area contributed by atoms with Gasteiger partial charge in [0.25, 0.3) is 0 Å². The van der Waals surface area contributed by atoms with E-state index in [2.05, 4.69) is 5.32 Å². The Balaban J connectivity index is 1.64. The van der Waals surface area contributed by atoms with Crippen molar-refractivity contribution in [2.24, 2.45) is 0 Å². The van der Waals surface area contributed by atoms with E-state index in [0.717, 1.165) is 16.5 Å². The molecule has 6 heteroatoms. The molecule has 2 aromatic carbocycles. The summed E-state index contributed by atoms with van der Waals surface area (Å²) in [7, 11) is 0. The molecule has 0 fully saturated rings. The maximum atomic E-state index is 11.7. The molecule has 24 heavy (non-hydrogen) atoms. The molecule has 0 bridgehead atoms. The second-order valence-electron chi connectivity index (χ2n) is 5.23. The number of fused-ring (bicyclic) bond motifs is 1. The number of aliphatic carboxylic acids is 1. The number of rotatable bonds is 10. The Morgan fingerprint density at radius 3 is 2.75 bits per heavy atom. The lowest BCUT2D eigenvalue weighted by Gasteiger charge is -2.09. The molecular formula is C18H21NO4S. The molecule has 0 radical (unpaired) electrons. The zero-order valence-corrected chi connectivity index (χ0v) is 14.2. The monoisotopic (exact) mass is 347 g/mol. The van der Waals surface area contributed by atoms with Crippen LogP contribution in [0.5, 0.6) is 5.75 Å². The van der Waals surface area contributed by atoms with E-state index in [1.54, 1.807) is 0 Å². The summed E-state index contributed by atoms with van der Waals surface area (Å²) in [4.78, 5) is 22.0. The van der Waals surface area contributed by atoms with Crippen molar-refractivity contribution in [2.75, 3.05) is 24.7 Å². The van der Waals surface area contributed by atoms with Crippen molar-refractivity contribution < 1.29 is 19.4 Å². The van der Waals surface area contributed by atoms with Gasteiger partial charge in [-0.2, -0.15) is 0 Å². The Hall–Kier alpha value is -2.21. The molecule has 0 saturated carbocycles. The number of thioether (sulfide) groups is 1. The topological polar surface area (TPSA) is 75.6 Å². The van der Waals surface area contributed by atoms with E-state index in [1.807, 2.05) is 42.5 Å². The molecule has 128 valence electrons. The summed E-state index contributed by atoms with van der Waals surface area (Å²) in [6.07, 6.45) is 1.03. The molecular weight excluding hydrogens is 326 g/mol. The average Bonchev–Trinajstić information content (AvgIpc) is 2.58. The maximum Gasteiger partial charge on any atom is 0.313 e. The van der Waals surface area contributed by atoms with E-state index in [1.165, 1.54) is 11.8 Å². The largest absolute Gasteiger partial charge is 0.493 e. The van der Waals surface area contributed by atoms with Crippen molar-refractivity contribution in [3.63, 3.8) is 0 Å². The Bertz CT molecular complexity index is 684. The average molecular weight is 347 g/mol. The van der Waals surface area contributed by atoms with Gasteiger partial charge in [0.15, 0.2) is 0 Å². The number of benzene rings is 2. The minimum atomic E-state index is -0.836. The Morgan fingerprint density at radius 2 is 1.92 bits per heavy atom. The third kappa shape index (κ3) is 6.12. The molecule has 2 aromatic rings. The van der Waals surface area contributed by atoms with Crippen LogP contribution in [0.2, 0.25) is 0 Å². The lowest BCUT2D eigenvalue weighted by molar-refractivity contribution is -0.133. The van der Waals surface area contributed by atoms with Crippen LogP contribution in [0.15, 0.2) is 42.5 Å². The predicted molar refractivity (Wildman–Crippen MR) is 96.6 cm³/mol. The maximum absolute atomic E-state index is 11.7. The van der Waals surface area contributed by atoms with Crippen molar-refractivity contribution in [2.45, 2.75) is 12.8 Å². The summed E-state index contributed by atoms with van der Waals surface area (Å²) < 4.78 is 5.79. The number of amides is 1. The number of carbonyl (C=O) groups is 2. The van der Waals surface area contributed by atoms with Crippen LogP contribution >= 0.6 is 11.8 Å². The van der Waals surface area contributed by atoms with Crippen LogP contribution in [0.3, 0.4) is 0 Å². The Morgan fingerprint density at radius 1 is 1.12 bits per heavy atom. The second-order valence-corrected chi connectivity index (χ2v) is 6.33. The molecule has 0 atom stereocenters. The highest BCUT2D eigenvalue weighted by molar-refractivity contribution is 7.99. The number of hydrogen-bond acceptors (Lipinski definition) is 4. The molecule has 0 aliphatic carbocycles. The number of carboxylic acids is 1. The molecule has 0 aliphatic heterocycles. The highest BCUT2D eigenvalue weighted by Crippen LogP contribution is 2.25. The van der Waals surface area contributed by atoms with Gasteiger partial charge in [0, 0.05) is 24.1 Å². The van der Waals surface area contributed by atoms with Gasteiger partial charge in [0.05, 0.1) is 12.4 Å². The normalized spacial score (nSPS) is 10.5. The van der Waals surface area contributed by atoms with Crippen LogP contribution < -0.4 is 10.1 Å². The van der Waals surface area contributed by atoms with Gasteiger partial charge in [0.1, 0.15) is 5.75 Å². The summed E-state index contributed by atoms with van der Waals surface area (Å²) in [5.74, 6) is 0.627. The van der Waals surface area contributed by atoms with Gasteiger partial charge in [-0.3, -0.25) is 9.59 Å². The summed E-state index contributed by atoms with van der Waals surface area (Å²) in [6.45, 7) is 0.968. The Labute approximate surface area is 145 Å². The van der Waals surface area contributed by atoms with E-state index in [4.69, 9.17) is 9.84 Å². The SMILES string of the molecule is O=C(O)CSCCNC(=O)CCCOc1cccc2ccccc12. The molecule has 1 amide bonds. The first kappa shape index (κ1) is 18.1. The zero-order chi connectivity index (χ0) is 17.2. The van der Waals surface area contributed by atoms with Crippen LogP contribution in [-0.2, 0) is 9.59 Å². The van der Waals surface area contributed by atoms with Gasteiger partial charge >= 0.3 is 5.97 Å². The highest BCUT2D eigenvalue weighted by Gasteiger charge is 2.04. The van der Waals surface area contributed by atoms with Crippen molar-refractivity contribution in [3.05, 3.63) is 42.5 Å². The fourth-order valence-electron chi connectivity index (χ4n) is 2.25. The van der Waals surface area contributed by atoms with Crippen molar-refractivity contribution >= 4 is 34.4 Å². The highest BCUT2D eigenvalue weighted by atomic mass is 32.2. The van der Waals surface area contributed by atoms with Crippen LogP contribution in [0.1, 0.15) is 12.8 Å². The standard InChI is InChI=1S/C18H21NO4S/c20-17(19-10-12-24-13-18(21)22)9-4-11-23-16-8-3-6-14-5-1-2-7-15(14)16/h1-3,5-8H,4,9-13H2,(H,19,20)(H,21,22). The predicted octanol–water partition coefficient (Wildman–Crippen LogP) is 2.93. The van der Waals surface area contributed by atoms with Crippen molar-refractivity contribution in [3.8, 4) is 5.75 Å². The number of hydrogen-bond donors (Lipinski definition) is 2. The first-order chi connectivity index (χ1) is 11.7. The molecule has 2 N–H and O–H groups in total. The number of nitrogens with one attached hydrogen (secondary N) is 1. The van der Waals surface area contributed by atoms with E-state index >= 15 is 0 Å². The van der Waals surface area contributed by atoms with E-state index < -0.39 is 5.97 Å². The molecule has 0 saturated heterocycles. The first-order valence-corrected chi connectivity index (χ1v) is 8.99. The molecule has 2 rings (SSSR count). The number of ether oxygens (including phenoxy) is 1. The van der Waals surface area contributed by atoms with Gasteiger partial charge in [-0.05, 0) is 17.9 Å². The van der Waals surface area contributed by atoms with Crippen LogP contribution in [0.4, 0.5) is 0 Å². The summed E-state index contributed by atoms with van der Waals surface area (Å²) in [5, 5.41) is 13.5. The summed E-state index contributed by atoms with van der Waals surface area (Å²) in [6, 6.07) is 14.0. The van der Waals surface area contributed by atoms with E-state index in [0.29, 0.717) is 31.7 Å². The van der Waals surface area contributed by atoms with Gasteiger partial charge in [0.2, 0.25) is 5.91 Å². The third-order valence-electron chi connectivity index (χ3n) is 3.35. The number of carboxylic acid groups (broad SMARTS) is 1. The minimum absolute atomic E-state index is 0.0348. The van der Waals surface area contributed by atoms with Crippen molar-refractivity contribution in [1.82, 2.24) is 5.32 Å². The minimum Gasteiger partial charge on any atom is -0.493 e. The zero-order valence-electron chi connectivity index (χ0n) is 13.4. The molecule has 0 unspecified atom stereocenters. The van der Waals surface area contributed by atoms with Crippen molar-refractivity contribution in [1.29, 1.82) is 0 Å². The molecule has 0 aromatic heterocycles. The van der Waals surface area contributed by atoms with Crippen LogP contribution in [-0.4, -0.2) is 41.6 Å². The molecule has 0 heterocycles. The number of carbonyl (C=O) groups excluding carboxylic acids is 1. The quantitative estimate of drug-likeness (QED) is 0.646. The smallest absolute Gasteiger partial charge is 0.313 e. The van der Waals surface area contributed by atoms with Gasteiger partial charge < -0.3 is 15.2 Å². The first-order valence-electron chi connectivity index (χ1n) is 7.83. The van der Waals surface area contributed by atoms with Gasteiger partial charge in [-0.15, -0.1) is 11.8 Å². The lowest BCUT2D eigenvalue weighted by Crippen LogP contribution is -2.26. The summed E-state index contributed by atoms with van der Waals surface area (Å²) >= 11 is 1.29. The second kappa shape index (κ2) is 9.82. The van der Waals surface area contributed by atoms with Crippen LogP contribution in [0.25, 0.3) is 10.8 Å². The Kier molecular flexibility index (Phi) is 7.42. The molecule has 5 nitrogen and oxygen atoms in total. The van der Waals surface area contributed by atoms with Gasteiger partial charge in [-0.25, -0.2) is 0 Å².